The minimum absolute atomic E-state index is 0.218. The fraction of sp³-hybridized carbons (Fsp3) is 0.909. The van der Waals surface area contributed by atoms with Crippen molar-refractivity contribution in [2.75, 3.05) is 19.6 Å². The summed E-state index contributed by atoms with van der Waals surface area (Å²) in [5, 5.41) is 2.22. The molecule has 2 fully saturated rings. The average molecular weight is 211 g/mol. The lowest BCUT2D eigenvalue weighted by atomic mass is 10.2. The van der Waals surface area contributed by atoms with E-state index >= 15 is 0 Å². The van der Waals surface area contributed by atoms with Gasteiger partial charge < -0.3 is 4.90 Å². The molecule has 4 nitrogen and oxygen atoms in total. The van der Waals surface area contributed by atoms with Crippen LogP contribution in [0.15, 0.2) is 0 Å². The summed E-state index contributed by atoms with van der Waals surface area (Å²) in [6.07, 6.45) is 4.66. The third-order valence-corrected chi connectivity index (χ3v) is 3.40. The molecule has 2 heterocycles. The second kappa shape index (κ2) is 4.10. The largest absolute Gasteiger partial charge is 0.343 e. The lowest BCUT2D eigenvalue weighted by Gasteiger charge is -2.20. The van der Waals surface area contributed by atoms with Crippen LogP contribution in [0.5, 0.6) is 0 Å². The molecule has 1 N–H and O–H groups in total. The molecular weight excluding hydrogens is 190 g/mol. The number of fused-ring (bicyclic) bond motifs is 1. The Balaban J connectivity index is 1.65. The van der Waals surface area contributed by atoms with Gasteiger partial charge in [0.25, 0.3) is 0 Å². The van der Waals surface area contributed by atoms with Gasteiger partial charge in [0.2, 0.25) is 5.91 Å². The van der Waals surface area contributed by atoms with E-state index in [-0.39, 0.29) is 5.91 Å². The zero-order valence-corrected chi connectivity index (χ0v) is 9.75. The molecule has 2 atom stereocenters. The number of hydrogen-bond donors (Lipinski definition) is 1. The minimum Gasteiger partial charge on any atom is -0.343 e. The Hall–Kier alpha value is -0.610. The van der Waals surface area contributed by atoms with Crippen molar-refractivity contribution < 1.29 is 4.79 Å². The maximum atomic E-state index is 11.4. The fourth-order valence-electron chi connectivity index (χ4n) is 2.01. The quantitative estimate of drug-likeness (QED) is 0.503. The van der Waals surface area contributed by atoms with E-state index in [1.54, 1.807) is 6.92 Å². The van der Waals surface area contributed by atoms with Crippen LogP contribution >= 0.6 is 0 Å². The van der Waals surface area contributed by atoms with E-state index in [0.29, 0.717) is 5.66 Å². The van der Waals surface area contributed by atoms with Crippen molar-refractivity contribution in [3.05, 3.63) is 0 Å². The molecule has 0 saturated carbocycles. The molecule has 0 aromatic rings. The first kappa shape index (κ1) is 10.9. The first-order chi connectivity index (χ1) is 7.18. The molecule has 2 saturated heterocycles. The predicted octanol–water partition coefficient (Wildman–Crippen LogP) is 0.945. The Morgan fingerprint density at radius 3 is 2.60 bits per heavy atom. The van der Waals surface area contributed by atoms with Gasteiger partial charge in [0.1, 0.15) is 5.66 Å². The third-order valence-electron chi connectivity index (χ3n) is 3.40. The standard InChI is InChI=1S/C11H21N3O/c1-3-4-5-7-13(10(2)15)8-6-11-9-14(11)12-11/h12H,3-9H2,1-2H3. The highest BCUT2D eigenvalue weighted by Gasteiger charge is 2.67. The van der Waals surface area contributed by atoms with Gasteiger partial charge in [-0.3, -0.25) is 4.79 Å². The van der Waals surface area contributed by atoms with Crippen LogP contribution in [0.3, 0.4) is 0 Å². The Kier molecular flexibility index (Phi) is 2.98. The molecule has 0 aliphatic carbocycles. The Labute approximate surface area is 91.6 Å². The van der Waals surface area contributed by atoms with Crippen LogP contribution in [0.1, 0.15) is 39.5 Å². The number of unbranched alkanes of at least 4 members (excludes halogenated alkanes) is 2. The maximum absolute atomic E-state index is 11.4. The molecule has 86 valence electrons. The smallest absolute Gasteiger partial charge is 0.219 e. The van der Waals surface area contributed by atoms with Crippen LogP contribution in [0.2, 0.25) is 0 Å². The van der Waals surface area contributed by atoms with Crippen LogP contribution < -0.4 is 5.43 Å². The van der Waals surface area contributed by atoms with E-state index in [9.17, 15) is 4.79 Å². The second-order valence-corrected chi connectivity index (χ2v) is 4.69. The molecule has 0 bridgehead atoms. The number of rotatable bonds is 7. The molecule has 4 heteroatoms. The van der Waals surface area contributed by atoms with E-state index < -0.39 is 0 Å². The predicted molar refractivity (Wildman–Crippen MR) is 59.0 cm³/mol. The number of nitrogens with one attached hydrogen (secondary N) is 1. The normalized spacial score (nSPS) is 30.9. The molecular formula is C11H21N3O. The van der Waals surface area contributed by atoms with Crippen molar-refractivity contribution in [2.24, 2.45) is 0 Å². The van der Waals surface area contributed by atoms with Gasteiger partial charge in [0.15, 0.2) is 0 Å². The molecule has 0 spiro atoms. The molecule has 0 aromatic heterocycles. The monoisotopic (exact) mass is 211 g/mol. The molecule has 2 rings (SSSR count). The molecule has 0 aromatic carbocycles. The lowest BCUT2D eigenvalue weighted by Crippen LogP contribution is -2.33. The summed E-state index contributed by atoms with van der Waals surface area (Å²) in [5.41, 5.74) is 3.58. The fourth-order valence-corrected chi connectivity index (χ4v) is 2.01. The number of carbonyl (C=O) groups excluding carboxylic acids is 1. The van der Waals surface area contributed by atoms with Gasteiger partial charge in [0, 0.05) is 33.0 Å². The Bertz CT molecular complexity index is 248. The molecule has 15 heavy (non-hydrogen) atoms. The highest BCUT2D eigenvalue weighted by atomic mass is 16.2. The molecule has 2 aliphatic heterocycles. The van der Waals surface area contributed by atoms with E-state index in [1.807, 2.05) is 4.90 Å². The number of nitrogens with zero attached hydrogens (tertiary/aromatic N) is 2. The van der Waals surface area contributed by atoms with Crippen LogP contribution in [0.25, 0.3) is 0 Å². The zero-order chi connectivity index (χ0) is 10.9. The Morgan fingerprint density at radius 2 is 2.13 bits per heavy atom. The topological polar surface area (TPSA) is 45.3 Å². The van der Waals surface area contributed by atoms with E-state index in [4.69, 9.17) is 0 Å². The van der Waals surface area contributed by atoms with E-state index in [2.05, 4.69) is 17.4 Å². The van der Waals surface area contributed by atoms with Gasteiger partial charge in [-0.1, -0.05) is 19.8 Å². The van der Waals surface area contributed by atoms with E-state index in [0.717, 1.165) is 25.9 Å². The number of hydrogen-bond acceptors (Lipinski definition) is 3. The van der Waals surface area contributed by atoms with E-state index in [1.165, 1.54) is 19.4 Å². The highest BCUT2D eigenvalue weighted by Crippen LogP contribution is 2.44. The van der Waals surface area contributed by atoms with Crippen molar-refractivity contribution in [1.82, 2.24) is 15.3 Å². The lowest BCUT2D eigenvalue weighted by molar-refractivity contribution is -0.129. The van der Waals surface area contributed by atoms with Gasteiger partial charge in [-0.25, -0.2) is 10.4 Å². The number of carbonyl (C=O) groups is 1. The summed E-state index contributed by atoms with van der Waals surface area (Å²) in [5.74, 6) is 0.218. The summed E-state index contributed by atoms with van der Waals surface area (Å²) in [4.78, 5) is 13.4. The van der Waals surface area contributed by atoms with Crippen molar-refractivity contribution in [3.63, 3.8) is 0 Å². The Morgan fingerprint density at radius 1 is 1.47 bits per heavy atom. The summed E-state index contributed by atoms with van der Waals surface area (Å²) in [7, 11) is 0. The zero-order valence-electron chi connectivity index (χ0n) is 9.75. The van der Waals surface area contributed by atoms with Crippen LogP contribution in [-0.4, -0.2) is 41.1 Å². The van der Waals surface area contributed by atoms with Gasteiger partial charge in [-0.2, -0.15) is 0 Å². The number of hydrazine groups is 1. The van der Waals surface area contributed by atoms with Gasteiger partial charge in [-0.15, -0.1) is 0 Å². The summed E-state index contributed by atoms with van der Waals surface area (Å²) in [6.45, 7) is 6.87. The molecule has 1 amide bonds. The van der Waals surface area contributed by atoms with Gasteiger partial charge in [-0.05, 0) is 6.42 Å². The third kappa shape index (κ3) is 2.49. The summed E-state index contributed by atoms with van der Waals surface area (Å²) in [6, 6.07) is 0. The SMILES string of the molecule is CCCCCN(CCC12CN1N2)C(C)=O. The van der Waals surface area contributed by atoms with Crippen LogP contribution in [0.4, 0.5) is 0 Å². The minimum atomic E-state index is 0.218. The molecule has 0 radical (unpaired) electrons. The van der Waals surface area contributed by atoms with Crippen molar-refractivity contribution >= 4 is 5.91 Å². The molecule has 2 unspecified atom stereocenters. The summed E-state index contributed by atoms with van der Waals surface area (Å²) >= 11 is 0. The van der Waals surface area contributed by atoms with Crippen LogP contribution in [-0.2, 0) is 4.79 Å². The van der Waals surface area contributed by atoms with Crippen molar-refractivity contribution in [2.45, 2.75) is 45.2 Å². The average Bonchev–Trinajstić information content (AvgIpc) is 2.98. The van der Waals surface area contributed by atoms with Crippen molar-refractivity contribution in [1.29, 1.82) is 0 Å². The first-order valence-corrected chi connectivity index (χ1v) is 5.99. The molecule has 2 aliphatic rings. The highest BCUT2D eigenvalue weighted by molar-refractivity contribution is 5.73. The van der Waals surface area contributed by atoms with Crippen LogP contribution in [0, 0.1) is 0 Å². The van der Waals surface area contributed by atoms with Gasteiger partial charge >= 0.3 is 0 Å². The van der Waals surface area contributed by atoms with Gasteiger partial charge in [0.05, 0.1) is 0 Å². The van der Waals surface area contributed by atoms with Crippen molar-refractivity contribution in [3.8, 4) is 0 Å². The first-order valence-electron chi connectivity index (χ1n) is 5.99. The second-order valence-electron chi connectivity index (χ2n) is 4.69. The maximum Gasteiger partial charge on any atom is 0.219 e. The number of amides is 1. The summed E-state index contributed by atoms with van der Waals surface area (Å²) < 4.78 is 0.